The molecule has 0 radical (unpaired) electrons. The quantitative estimate of drug-likeness (QED) is 0.200. The molecule has 0 aliphatic rings. The lowest BCUT2D eigenvalue weighted by molar-refractivity contribution is 1.34. The first-order valence-corrected chi connectivity index (χ1v) is 14.8. The summed E-state index contributed by atoms with van der Waals surface area (Å²) >= 11 is 0. The monoisotopic (exact) mass is 510 g/mol. The molecule has 0 atom stereocenters. The van der Waals surface area contributed by atoms with Crippen LogP contribution < -0.4 is 32.3 Å². The molecule has 0 nitrogen and oxygen atoms in total. The van der Waals surface area contributed by atoms with Crippen LogP contribution in [0.4, 0.5) is 0 Å². The highest BCUT2D eigenvalue weighted by atomic mass is 31.1. The number of rotatable bonds is 6. The second-order valence-electron chi connectivity index (χ2n) is 10.7. The van der Waals surface area contributed by atoms with E-state index >= 15 is 0 Å². The summed E-state index contributed by atoms with van der Waals surface area (Å²) in [5.74, 6) is 0. The van der Waals surface area contributed by atoms with Crippen LogP contribution in [0.5, 0.6) is 0 Å². The molecule has 38 heavy (non-hydrogen) atoms. The van der Waals surface area contributed by atoms with Gasteiger partial charge in [-0.2, -0.15) is 0 Å². The third kappa shape index (κ3) is 5.27. The first-order chi connectivity index (χ1) is 18.3. The maximum Gasteiger partial charge on any atom is 0.242 e. The Hall–Kier alpha value is -3.41. The lowest BCUT2D eigenvalue weighted by Crippen LogP contribution is -2.56. The van der Waals surface area contributed by atoms with Crippen LogP contribution in [-0.2, 0) is 0 Å². The van der Waals surface area contributed by atoms with Crippen LogP contribution in [0.2, 0.25) is 0 Å². The molecule has 0 spiro atoms. The summed E-state index contributed by atoms with van der Waals surface area (Å²) in [5.41, 5.74) is 12.4. The molecule has 188 valence electrons. The smallest absolute Gasteiger partial charge is 0.0686 e. The fraction of sp³-hybridized carbons (Fsp3) is 0.167. The molecule has 0 bridgehead atoms. The van der Waals surface area contributed by atoms with E-state index in [2.05, 4.69) is 151 Å². The van der Waals surface area contributed by atoms with Crippen LogP contribution in [0.3, 0.4) is 0 Å². The molecule has 2 heteroatoms. The van der Waals surface area contributed by atoms with E-state index in [-0.39, 0.29) is 6.71 Å². The summed E-state index contributed by atoms with van der Waals surface area (Å²) in [6.07, 6.45) is 0. The Morgan fingerprint density at radius 1 is 0.421 bits per heavy atom. The van der Waals surface area contributed by atoms with E-state index in [1.165, 1.54) is 65.7 Å². The zero-order valence-electron chi connectivity index (χ0n) is 23.4. The van der Waals surface area contributed by atoms with Gasteiger partial charge in [0.05, 0.1) is 0 Å². The van der Waals surface area contributed by atoms with Crippen molar-refractivity contribution >= 4 is 46.9 Å². The predicted octanol–water partition coefficient (Wildman–Crippen LogP) is 5.81. The van der Waals surface area contributed by atoms with E-state index < -0.39 is 7.92 Å². The average Bonchev–Trinajstić information content (AvgIpc) is 2.89. The summed E-state index contributed by atoms with van der Waals surface area (Å²) in [7, 11) is -0.620. The molecule has 5 aromatic carbocycles. The van der Waals surface area contributed by atoms with E-state index in [4.69, 9.17) is 0 Å². The Morgan fingerprint density at radius 3 is 1.13 bits per heavy atom. The van der Waals surface area contributed by atoms with Gasteiger partial charge in [-0.1, -0.05) is 159 Å². The Kier molecular flexibility index (Phi) is 7.69. The van der Waals surface area contributed by atoms with Crippen molar-refractivity contribution in [1.29, 1.82) is 0 Å². The molecule has 0 heterocycles. The minimum atomic E-state index is -0.620. The lowest BCUT2D eigenvalue weighted by Gasteiger charge is -2.25. The topological polar surface area (TPSA) is 0 Å². The van der Waals surface area contributed by atoms with Crippen molar-refractivity contribution in [3.8, 4) is 0 Å². The van der Waals surface area contributed by atoms with Gasteiger partial charge in [-0.3, -0.25) is 0 Å². The highest BCUT2D eigenvalue weighted by Crippen LogP contribution is 2.32. The van der Waals surface area contributed by atoms with Gasteiger partial charge in [-0.05, 0) is 65.4 Å². The normalized spacial score (nSPS) is 11.1. The zero-order valence-corrected chi connectivity index (χ0v) is 24.3. The van der Waals surface area contributed by atoms with Gasteiger partial charge in [0.1, 0.15) is 0 Å². The van der Waals surface area contributed by atoms with Gasteiger partial charge in [-0.15, -0.1) is 0 Å². The van der Waals surface area contributed by atoms with E-state index in [0.29, 0.717) is 0 Å². The first-order valence-electron chi connectivity index (χ1n) is 13.5. The molecule has 0 N–H and O–H groups in total. The maximum atomic E-state index is 2.39. The molecule has 5 aromatic rings. The van der Waals surface area contributed by atoms with Crippen LogP contribution in [0.25, 0.3) is 0 Å². The number of benzene rings is 5. The molecular formula is C36H36BP. The molecule has 0 saturated heterocycles. The fourth-order valence-corrected chi connectivity index (χ4v) is 8.47. The van der Waals surface area contributed by atoms with Crippen molar-refractivity contribution in [2.75, 3.05) is 0 Å². The first kappa shape index (κ1) is 26.2. The summed E-state index contributed by atoms with van der Waals surface area (Å²) in [5, 5.41) is 4.15. The van der Waals surface area contributed by atoms with Gasteiger partial charge in [0.15, 0.2) is 0 Å². The second-order valence-corrected chi connectivity index (χ2v) is 12.9. The second kappa shape index (κ2) is 11.1. The molecule has 0 amide bonds. The summed E-state index contributed by atoms with van der Waals surface area (Å²) in [6, 6.07) is 40.8. The van der Waals surface area contributed by atoms with Crippen molar-refractivity contribution in [1.82, 2.24) is 0 Å². The third-order valence-corrected chi connectivity index (χ3v) is 10.0. The Morgan fingerprint density at radius 2 is 0.763 bits per heavy atom. The van der Waals surface area contributed by atoms with Crippen LogP contribution >= 0.6 is 7.92 Å². The van der Waals surface area contributed by atoms with Gasteiger partial charge in [0.25, 0.3) is 0 Å². The van der Waals surface area contributed by atoms with Crippen LogP contribution in [0, 0.1) is 41.5 Å². The van der Waals surface area contributed by atoms with Crippen LogP contribution in [-0.4, -0.2) is 6.71 Å². The largest absolute Gasteiger partial charge is 0.242 e. The van der Waals surface area contributed by atoms with Crippen LogP contribution in [0.15, 0.2) is 109 Å². The van der Waals surface area contributed by atoms with Gasteiger partial charge in [0, 0.05) is 0 Å². The number of hydrogen-bond donors (Lipinski definition) is 0. The predicted molar refractivity (Wildman–Crippen MR) is 171 cm³/mol. The molecule has 0 aliphatic heterocycles. The minimum absolute atomic E-state index is 0.199. The zero-order chi connectivity index (χ0) is 26.8. The van der Waals surface area contributed by atoms with Crippen molar-refractivity contribution in [2.45, 2.75) is 41.5 Å². The highest BCUT2D eigenvalue weighted by molar-refractivity contribution is 7.79. The Labute approximate surface area is 230 Å². The van der Waals surface area contributed by atoms with E-state index in [1.54, 1.807) is 0 Å². The Bertz CT molecular complexity index is 1410. The third-order valence-electron chi connectivity index (χ3n) is 7.57. The summed E-state index contributed by atoms with van der Waals surface area (Å²) < 4.78 is 0. The highest BCUT2D eigenvalue weighted by Gasteiger charge is 2.28. The van der Waals surface area contributed by atoms with Crippen molar-refractivity contribution in [2.24, 2.45) is 0 Å². The van der Waals surface area contributed by atoms with Crippen molar-refractivity contribution in [3.05, 3.63) is 143 Å². The fourth-order valence-electron chi connectivity index (χ4n) is 6.19. The molecule has 0 unspecified atom stereocenters. The van der Waals surface area contributed by atoms with Gasteiger partial charge < -0.3 is 0 Å². The molecule has 0 saturated carbocycles. The van der Waals surface area contributed by atoms with E-state index in [1.807, 2.05) is 0 Å². The summed E-state index contributed by atoms with van der Waals surface area (Å²) in [4.78, 5) is 0. The van der Waals surface area contributed by atoms with Gasteiger partial charge in [-0.25, -0.2) is 0 Å². The molecule has 5 rings (SSSR count). The number of aryl methyl sites for hydroxylation is 6. The Balaban J connectivity index is 1.68. The van der Waals surface area contributed by atoms with Gasteiger partial charge >= 0.3 is 0 Å². The lowest BCUT2D eigenvalue weighted by atomic mass is 9.34. The SMILES string of the molecule is Cc1cc(C)c(B(c2ccc(P(c3ccccc3)c3ccccc3)cc2)c2c(C)cc(C)cc2C)c(C)c1. The molecule has 0 fully saturated rings. The van der Waals surface area contributed by atoms with E-state index in [0.717, 1.165) is 0 Å². The molecular weight excluding hydrogens is 474 g/mol. The van der Waals surface area contributed by atoms with E-state index in [9.17, 15) is 0 Å². The molecule has 0 aromatic heterocycles. The standard InChI is InChI=1S/C36H36BP/c1-25-21-27(3)35(28(4)22-25)37(36-29(5)23-26(2)24-30(36)6)31-17-19-34(20-18-31)38(32-13-9-7-10-14-32)33-15-11-8-12-16-33/h7-24H,1-6H3. The summed E-state index contributed by atoms with van der Waals surface area (Å²) in [6.45, 7) is 13.7. The maximum absolute atomic E-state index is 2.39. The number of hydrogen-bond acceptors (Lipinski definition) is 0. The van der Waals surface area contributed by atoms with Crippen LogP contribution in [0.1, 0.15) is 33.4 Å². The van der Waals surface area contributed by atoms with Crippen molar-refractivity contribution < 1.29 is 0 Å². The van der Waals surface area contributed by atoms with Gasteiger partial charge in [0.2, 0.25) is 6.71 Å². The molecule has 0 aliphatic carbocycles. The minimum Gasteiger partial charge on any atom is -0.0686 e. The average molecular weight is 510 g/mol. The van der Waals surface area contributed by atoms with Crippen molar-refractivity contribution in [3.63, 3.8) is 0 Å².